The molecule has 0 aliphatic heterocycles. The fraction of sp³-hybridized carbons (Fsp3) is 0.294. The lowest BCUT2D eigenvalue weighted by Crippen LogP contribution is -2.32. The maximum atomic E-state index is 11.8. The summed E-state index contributed by atoms with van der Waals surface area (Å²) in [5, 5.41) is 7.22. The summed E-state index contributed by atoms with van der Waals surface area (Å²) in [6.07, 6.45) is -0.531. The Hall–Kier alpha value is -2.96. The van der Waals surface area contributed by atoms with Crippen molar-refractivity contribution in [2.24, 2.45) is 0 Å². The van der Waals surface area contributed by atoms with Crippen LogP contribution in [0.15, 0.2) is 36.4 Å². The molecule has 0 spiro atoms. The van der Waals surface area contributed by atoms with Crippen LogP contribution >= 0.6 is 0 Å². The van der Waals surface area contributed by atoms with Gasteiger partial charge in [-0.3, -0.25) is 0 Å². The minimum Gasteiger partial charge on any atom is -0.443 e. The van der Waals surface area contributed by atoms with Crippen LogP contribution < -0.4 is 9.72 Å². The molecule has 1 N–H and O–H groups in total. The molecule has 0 aliphatic rings. The van der Waals surface area contributed by atoms with Crippen LogP contribution in [0.25, 0.3) is 5.65 Å². The molecular weight excluding hydrogens is 306 g/mol. The zero-order chi connectivity index (χ0) is 17.1. The smallest absolute Gasteiger partial charge is 0.443 e. The van der Waals surface area contributed by atoms with E-state index in [1.807, 2.05) is 59.3 Å². The molecule has 7 nitrogen and oxygen atoms in total. The van der Waals surface area contributed by atoms with E-state index >= 15 is 0 Å². The second-order valence-electron chi connectivity index (χ2n) is 5.45. The van der Waals surface area contributed by atoms with E-state index in [1.165, 1.54) is 0 Å². The normalized spacial score (nSPS) is 10.8. The molecule has 1 aromatic carbocycles. The lowest BCUT2D eigenvalue weighted by molar-refractivity contribution is -0.508. The van der Waals surface area contributed by atoms with Crippen LogP contribution in [0.5, 0.6) is 0 Å². The molecule has 0 bridgehead atoms. The molecule has 124 valence electrons. The molecule has 0 unspecified atom stereocenters. The van der Waals surface area contributed by atoms with Crippen LogP contribution in [0.2, 0.25) is 0 Å². The molecule has 2 heterocycles. The summed E-state index contributed by atoms with van der Waals surface area (Å²) in [5.74, 6) is 1.14. The summed E-state index contributed by atoms with van der Waals surface area (Å²) in [6, 6.07) is 12.0. The molecule has 0 saturated heterocycles. The zero-order valence-electron chi connectivity index (χ0n) is 14.0. The van der Waals surface area contributed by atoms with Crippen LogP contribution in [0.1, 0.15) is 24.0 Å². The number of benzene rings is 1. The van der Waals surface area contributed by atoms with Crippen molar-refractivity contribution >= 4 is 17.7 Å². The van der Waals surface area contributed by atoms with Crippen molar-refractivity contribution < 1.29 is 13.9 Å². The first-order valence-corrected chi connectivity index (χ1v) is 7.83. The highest BCUT2D eigenvalue weighted by Gasteiger charge is 2.23. The first-order valence-electron chi connectivity index (χ1n) is 7.83. The summed E-state index contributed by atoms with van der Waals surface area (Å²) in [4.78, 5) is 16.2. The highest BCUT2D eigenvalue weighted by Crippen LogP contribution is 2.10. The number of hydrogen-bond donors (Lipinski definition) is 1. The number of aryl methyl sites for hydroxylation is 2. The Bertz CT molecular complexity index is 874. The van der Waals surface area contributed by atoms with Gasteiger partial charge in [-0.25, -0.2) is 10.1 Å². The predicted molar refractivity (Wildman–Crippen MR) is 88.8 cm³/mol. The zero-order valence-corrected chi connectivity index (χ0v) is 14.0. The van der Waals surface area contributed by atoms with Crippen molar-refractivity contribution in [3.63, 3.8) is 0 Å². The third kappa shape index (κ3) is 3.19. The van der Waals surface area contributed by atoms with Gasteiger partial charge in [0.25, 0.3) is 0 Å². The quantitative estimate of drug-likeness (QED) is 0.746. The molecule has 3 rings (SSSR count). The lowest BCUT2D eigenvalue weighted by atomic mass is 10.2. The topological polar surface area (TPSA) is 73.1 Å². The Morgan fingerprint density at radius 1 is 1.29 bits per heavy atom. The van der Waals surface area contributed by atoms with E-state index in [-0.39, 0.29) is 0 Å². The Labute approximate surface area is 139 Å². The lowest BCUT2D eigenvalue weighted by Gasteiger charge is -2.01. The molecule has 0 saturated carbocycles. The van der Waals surface area contributed by atoms with Crippen molar-refractivity contribution in [2.75, 3.05) is 11.9 Å². The fourth-order valence-corrected chi connectivity index (χ4v) is 2.63. The van der Waals surface area contributed by atoms with Crippen LogP contribution in [-0.4, -0.2) is 27.5 Å². The van der Waals surface area contributed by atoms with Crippen LogP contribution in [-0.2, 0) is 11.3 Å². The third-order valence-corrected chi connectivity index (χ3v) is 3.59. The molecule has 24 heavy (non-hydrogen) atoms. The molecule has 7 heteroatoms. The number of amides is 1. The van der Waals surface area contributed by atoms with Gasteiger partial charge in [0.2, 0.25) is 5.65 Å². The van der Waals surface area contributed by atoms with E-state index < -0.39 is 6.09 Å². The minimum atomic E-state index is -0.531. The number of fused-ring (bicyclic) bond motifs is 1. The largest absolute Gasteiger partial charge is 0.451 e. The second kappa shape index (κ2) is 6.66. The van der Waals surface area contributed by atoms with Gasteiger partial charge in [0.15, 0.2) is 5.82 Å². The van der Waals surface area contributed by atoms with Gasteiger partial charge in [0.1, 0.15) is 6.54 Å². The monoisotopic (exact) mass is 326 g/mol. The van der Waals surface area contributed by atoms with E-state index in [2.05, 4.69) is 15.4 Å². The Morgan fingerprint density at radius 2 is 2.04 bits per heavy atom. The molecule has 0 radical (unpaired) electrons. The Morgan fingerprint density at radius 3 is 2.75 bits per heavy atom. The van der Waals surface area contributed by atoms with Gasteiger partial charge in [0, 0.05) is 13.0 Å². The van der Waals surface area contributed by atoms with Gasteiger partial charge in [-0.15, -0.1) is 0 Å². The highest BCUT2D eigenvalue weighted by atomic mass is 16.5. The van der Waals surface area contributed by atoms with E-state index in [9.17, 15) is 4.79 Å². The summed E-state index contributed by atoms with van der Waals surface area (Å²) < 4.78 is 8.61. The van der Waals surface area contributed by atoms with Crippen molar-refractivity contribution in [3.05, 3.63) is 53.5 Å². The third-order valence-electron chi connectivity index (χ3n) is 3.59. The summed E-state index contributed by atoms with van der Waals surface area (Å²) in [6.45, 7) is 6.47. The average molecular weight is 326 g/mol. The molecule has 0 fully saturated rings. The first-order chi connectivity index (χ1) is 11.6. The number of carbonyl (C=O) groups is 1. The van der Waals surface area contributed by atoms with Crippen molar-refractivity contribution in [1.29, 1.82) is 0 Å². The Balaban J connectivity index is 2.06. The molecular formula is C17H20N5O2+. The summed E-state index contributed by atoms with van der Waals surface area (Å²) in [5.41, 5.74) is 2.87. The van der Waals surface area contributed by atoms with E-state index in [1.54, 1.807) is 6.92 Å². The number of nitrogens with zero attached hydrogens (tertiary/aromatic N) is 4. The summed E-state index contributed by atoms with van der Waals surface area (Å²) >= 11 is 0. The maximum absolute atomic E-state index is 11.8. The molecule has 3 aromatic rings. The average Bonchev–Trinajstić information content (AvgIpc) is 2.86. The number of aromatic nitrogens is 4. The molecule has 0 aliphatic carbocycles. The van der Waals surface area contributed by atoms with Gasteiger partial charge in [-0.1, -0.05) is 30.3 Å². The van der Waals surface area contributed by atoms with Gasteiger partial charge >= 0.3 is 12.0 Å². The molecule has 1 amide bonds. The van der Waals surface area contributed by atoms with E-state index in [0.717, 1.165) is 22.7 Å². The summed E-state index contributed by atoms with van der Waals surface area (Å²) in [7, 11) is 0. The minimum absolute atomic E-state index is 0.301. The standard InChI is InChI=1S/C17H19N5O2/c1-4-24-17(23)19-16-20-21(11-14-8-6-5-7-9-14)15-10-12(2)18-13(3)22(15)16/h5-10H,4,11H2,1-3H3/p+1. The van der Waals surface area contributed by atoms with Gasteiger partial charge in [-0.05, 0) is 24.5 Å². The second-order valence-corrected chi connectivity index (χ2v) is 5.45. The van der Waals surface area contributed by atoms with Gasteiger partial charge in [0.05, 0.1) is 12.3 Å². The maximum Gasteiger partial charge on any atom is 0.451 e. The number of ether oxygens (including phenoxy) is 1. The first kappa shape index (κ1) is 15.9. The Kier molecular flexibility index (Phi) is 4.41. The molecule has 2 aromatic heterocycles. The van der Waals surface area contributed by atoms with Crippen LogP contribution in [0, 0.1) is 13.8 Å². The van der Waals surface area contributed by atoms with E-state index in [0.29, 0.717) is 19.1 Å². The SMILES string of the molecule is CCOC(=O)Nc1nn(Cc2ccccc2)c2cc(C)nc(C)[n+]12. The van der Waals surface area contributed by atoms with Gasteiger partial charge in [-0.2, -0.15) is 14.1 Å². The number of anilines is 1. The fourth-order valence-electron chi connectivity index (χ4n) is 2.63. The van der Waals surface area contributed by atoms with Crippen molar-refractivity contribution in [2.45, 2.75) is 27.3 Å². The number of carbonyl (C=O) groups excluding carboxylic acids is 1. The van der Waals surface area contributed by atoms with Crippen LogP contribution in [0.4, 0.5) is 10.7 Å². The predicted octanol–water partition coefficient (Wildman–Crippen LogP) is 2.25. The highest BCUT2D eigenvalue weighted by molar-refractivity contribution is 5.81. The number of hydrogen-bond acceptors (Lipinski definition) is 4. The van der Waals surface area contributed by atoms with Crippen molar-refractivity contribution in [3.8, 4) is 0 Å². The molecule has 0 atom stereocenters. The number of rotatable bonds is 4. The van der Waals surface area contributed by atoms with Gasteiger partial charge < -0.3 is 4.74 Å². The van der Waals surface area contributed by atoms with E-state index in [4.69, 9.17) is 4.74 Å². The van der Waals surface area contributed by atoms with Crippen LogP contribution in [0.3, 0.4) is 0 Å². The van der Waals surface area contributed by atoms with Crippen molar-refractivity contribution in [1.82, 2.24) is 14.8 Å². The number of nitrogens with one attached hydrogen (secondary N) is 1.